The van der Waals surface area contributed by atoms with Crippen LogP contribution in [0.3, 0.4) is 0 Å². The lowest BCUT2D eigenvalue weighted by atomic mass is 9.95. The molecule has 0 aliphatic carbocycles. The summed E-state index contributed by atoms with van der Waals surface area (Å²) < 4.78 is 10.5. The van der Waals surface area contributed by atoms with Crippen LogP contribution in [0.4, 0.5) is 0 Å². The molecule has 2 fully saturated rings. The fourth-order valence-corrected chi connectivity index (χ4v) is 2.84. The number of carbonyl (C=O) groups is 1. The number of aromatic amines is 1. The number of hydrogen-bond donors (Lipinski definition) is 3. The molecule has 0 amide bonds. The van der Waals surface area contributed by atoms with Gasteiger partial charge in [0.2, 0.25) is 0 Å². The van der Waals surface area contributed by atoms with Crippen LogP contribution in [0.1, 0.15) is 37.3 Å². The Morgan fingerprint density at radius 1 is 1.15 bits per heavy atom. The number of nitrogens with one attached hydrogen (secondary N) is 1. The number of hydrogen-bond acceptors (Lipinski definition) is 7. The van der Waals surface area contributed by atoms with Gasteiger partial charge in [-0.15, -0.1) is 0 Å². The van der Waals surface area contributed by atoms with Gasteiger partial charge in [-0.2, -0.15) is 5.10 Å². The highest BCUT2D eigenvalue weighted by molar-refractivity contribution is 5.91. The van der Waals surface area contributed by atoms with E-state index in [2.05, 4.69) is 27.9 Å². The number of H-pyrrole nitrogens is 1. The predicted octanol–water partition coefficient (Wildman–Crippen LogP) is 0.355. The maximum Gasteiger partial charge on any atom is 0.160 e. The van der Waals surface area contributed by atoms with Gasteiger partial charge in [-0.3, -0.25) is 21.6 Å². The lowest BCUT2D eigenvalue weighted by Gasteiger charge is -2.20. The van der Waals surface area contributed by atoms with E-state index in [-0.39, 0.29) is 17.2 Å². The molecule has 0 saturated carbocycles. The average Bonchev–Trinajstić information content (AvgIpc) is 3.24. The van der Waals surface area contributed by atoms with Gasteiger partial charge >= 0.3 is 0 Å². The van der Waals surface area contributed by atoms with Gasteiger partial charge < -0.3 is 19.8 Å². The van der Waals surface area contributed by atoms with Crippen molar-refractivity contribution in [2.45, 2.75) is 31.6 Å². The van der Waals surface area contributed by atoms with Gasteiger partial charge in [0.05, 0.1) is 0 Å². The zero-order valence-corrected chi connectivity index (χ0v) is 16.4. The fraction of sp³-hybridized carbons (Fsp3) is 0.667. The highest BCUT2D eigenvalue weighted by atomic mass is 16.5. The first-order valence-corrected chi connectivity index (χ1v) is 9.03. The Morgan fingerprint density at radius 3 is 2.19 bits per heavy atom. The molecule has 0 unspecified atom stereocenters. The van der Waals surface area contributed by atoms with Crippen molar-refractivity contribution in [3.05, 3.63) is 30.2 Å². The summed E-state index contributed by atoms with van der Waals surface area (Å²) in [6.07, 6.45) is 9.27. The molecule has 27 heavy (non-hydrogen) atoms. The van der Waals surface area contributed by atoms with Crippen molar-refractivity contribution in [2.75, 3.05) is 40.5 Å². The second-order valence-corrected chi connectivity index (χ2v) is 6.47. The number of allylic oxidation sites excluding steroid dienone is 1. The van der Waals surface area contributed by atoms with Crippen molar-refractivity contribution >= 4 is 5.78 Å². The monoisotopic (exact) mass is 385 g/mol. The van der Waals surface area contributed by atoms with Crippen LogP contribution in [0.25, 0.3) is 0 Å². The summed E-state index contributed by atoms with van der Waals surface area (Å²) in [6.45, 7) is 3.24. The number of ketones is 1. The Hall–Kier alpha value is -1.78. The quantitative estimate of drug-likeness (QED) is 0.384. The van der Waals surface area contributed by atoms with E-state index in [1.165, 1.54) is 5.69 Å². The molecule has 9 nitrogen and oxygen atoms in total. The molecule has 0 bridgehead atoms. The highest BCUT2D eigenvalue weighted by Gasteiger charge is 2.19. The fourth-order valence-electron chi connectivity index (χ4n) is 2.84. The second-order valence-electron chi connectivity index (χ2n) is 6.47. The van der Waals surface area contributed by atoms with Crippen molar-refractivity contribution in [1.82, 2.24) is 15.1 Å². The van der Waals surface area contributed by atoms with E-state index in [1.807, 2.05) is 25.2 Å². The number of hydrazine groups is 1. The van der Waals surface area contributed by atoms with E-state index < -0.39 is 0 Å². The van der Waals surface area contributed by atoms with Crippen LogP contribution >= 0.6 is 0 Å². The zero-order valence-electron chi connectivity index (χ0n) is 16.4. The molecule has 0 radical (unpaired) electrons. The molecule has 3 heterocycles. The van der Waals surface area contributed by atoms with Gasteiger partial charge in [0.15, 0.2) is 5.78 Å². The average molecular weight is 386 g/mol. The van der Waals surface area contributed by atoms with Gasteiger partial charge in [0.1, 0.15) is 0 Å². The van der Waals surface area contributed by atoms with Crippen LogP contribution < -0.4 is 11.7 Å². The van der Waals surface area contributed by atoms with Crippen molar-refractivity contribution in [1.29, 1.82) is 0 Å². The van der Waals surface area contributed by atoms with Crippen LogP contribution in [0.5, 0.6) is 0 Å². The van der Waals surface area contributed by atoms with Crippen molar-refractivity contribution < 1.29 is 19.7 Å². The van der Waals surface area contributed by atoms with Gasteiger partial charge in [0, 0.05) is 70.4 Å². The maximum absolute atomic E-state index is 11.5. The summed E-state index contributed by atoms with van der Waals surface area (Å²) in [5.74, 6) is 9.06. The molecule has 2 aliphatic heterocycles. The minimum Gasteiger partial charge on any atom is -0.412 e. The Balaban J connectivity index is 0.000000447. The molecular formula is C18H35N5O4. The van der Waals surface area contributed by atoms with Crippen LogP contribution in [0, 0.1) is 5.92 Å². The molecule has 2 aliphatic rings. The third kappa shape index (κ3) is 10.2. The van der Waals surface area contributed by atoms with Crippen LogP contribution in [0.15, 0.2) is 24.5 Å². The molecule has 1 aromatic heterocycles. The molecule has 3 rings (SSSR count). The van der Waals surface area contributed by atoms with Gasteiger partial charge in [-0.05, 0) is 37.8 Å². The normalized spacial score (nSPS) is 17.8. The summed E-state index contributed by atoms with van der Waals surface area (Å²) in [5, 5.41) is 6.93. The first-order valence-electron chi connectivity index (χ1n) is 9.03. The second kappa shape index (κ2) is 15.3. The first-order chi connectivity index (χ1) is 12.7. The van der Waals surface area contributed by atoms with Crippen LogP contribution in [0.2, 0.25) is 0 Å². The van der Waals surface area contributed by atoms with E-state index in [4.69, 9.17) is 9.47 Å². The third-order valence-corrected chi connectivity index (χ3v) is 4.34. The van der Waals surface area contributed by atoms with Crippen molar-refractivity contribution in [3.63, 3.8) is 0 Å². The Labute approximate surface area is 161 Å². The minimum atomic E-state index is 0. The third-order valence-electron chi connectivity index (χ3n) is 4.34. The van der Waals surface area contributed by atoms with Crippen molar-refractivity contribution in [3.8, 4) is 0 Å². The van der Waals surface area contributed by atoms with E-state index >= 15 is 0 Å². The Kier molecular flexibility index (Phi) is 14.3. The number of rotatable bonds is 4. The first kappa shape index (κ1) is 25.2. The van der Waals surface area contributed by atoms with Gasteiger partial charge in [-0.25, -0.2) is 0 Å². The summed E-state index contributed by atoms with van der Waals surface area (Å²) in [4.78, 5) is 13.4. The van der Waals surface area contributed by atoms with E-state index in [0.717, 1.165) is 52.1 Å². The van der Waals surface area contributed by atoms with E-state index in [0.29, 0.717) is 5.92 Å². The van der Waals surface area contributed by atoms with E-state index in [9.17, 15) is 4.79 Å². The van der Waals surface area contributed by atoms with Crippen LogP contribution in [-0.2, 0) is 14.3 Å². The predicted molar refractivity (Wildman–Crippen MR) is 105 cm³/mol. The number of aromatic nitrogens is 2. The smallest absolute Gasteiger partial charge is 0.160 e. The Morgan fingerprint density at radius 2 is 1.70 bits per heavy atom. The summed E-state index contributed by atoms with van der Waals surface area (Å²) in [5.41, 5.74) is 1.26. The topological polar surface area (TPSA) is 151 Å². The number of nitrogens with zero attached hydrogens (tertiary/aromatic N) is 2. The number of nitrogens with two attached hydrogens (primary N) is 2. The lowest BCUT2D eigenvalue weighted by Crippen LogP contribution is -2.22. The molecule has 156 valence electrons. The molecule has 9 heteroatoms. The zero-order chi connectivity index (χ0) is 19.2. The summed E-state index contributed by atoms with van der Waals surface area (Å²) >= 11 is 0. The number of ether oxygens (including phenoxy) is 2. The Bertz CT molecular complexity index is 496. The molecule has 7 N–H and O–H groups in total. The minimum absolute atomic E-state index is 0. The van der Waals surface area contributed by atoms with Crippen LogP contribution in [-0.4, -0.2) is 66.9 Å². The highest BCUT2D eigenvalue weighted by Crippen LogP contribution is 2.24. The van der Waals surface area contributed by atoms with E-state index in [1.54, 1.807) is 12.3 Å². The molecule has 1 aromatic rings. The van der Waals surface area contributed by atoms with Gasteiger partial charge in [-0.1, -0.05) is 0 Å². The van der Waals surface area contributed by atoms with Crippen molar-refractivity contribution in [2.24, 2.45) is 17.6 Å². The maximum atomic E-state index is 11.5. The SMILES string of the molecule is CN(C)/C=C/C(=O)C1CCOCC1.NN.O.c1cc(C2CCOCC2)[nH]n1. The lowest BCUT2D eigenvalue weighted by molar-refractivity contribution is -0.120. The number of carbonyl (C=O) groups excluding carboxylic acids is 1. The molecular weight excluding hydrogens is 350 g/mol. The molecule has 0 aromatic carbocycles. The standard InChI is InChI=1S/C10H17NO2.C8H12N2O.H4N2.H2O/c1-11(2)6-3-10(12)9-4-7-13-8-5-9;1-4-9-10-8(1)7-2-5-11-6-3-7;1-2;/h3,6,9H,4-5,7-8H2,1-2H3;1,4,7H,2-3,5-6H2,(H,9,10);1-2H2;1H2/b6-3+;;;. The largest absolute Gasteiger partial charge is 0.412 e. The molecule has 2 saturated heterocycles. The molecule has 0 atom stereocenters. The summed E-state index contributed by atoms with van der Waals surface area (Å²) in [7, 11) is 3.82. The van der Waals surface area contributed by atoms with Gasteiger partial charge in [0.25, 0.3) is 0 Å². The summed E-state index contributed by atoms with van der Waals surface area (Å²) in [6, 6.07) is 2.05. The molecule has 0 spiro atoms.